The maximum absolute atomic E-state index is 5.95. The lowest BCUT2D eigenvalue weighted by molar-refractivity contribution is 0.413. The van der Waals surface area contributed by atoms with E-state index in [-0.39, 0.29) is 5.54 Å². The van der Waals surface area contributed by atoms with Crippen LogP contribution in [0.3, 0.4) is 0 Å². The minimum Gasteiger partial charge on any atom is -0.336 e. The Labute approximate surface area is 84.1 Å². The molecule has 13 heavy (non-hydrogen) atoms. The molecule has 1 N–H and O–H groups in total. The van der Waals surface area contributed by atoms with E-state index in [0.29, 0.717) is 5.15 Å². The summed E-state index contributed by atoms with van der Waals surface area (Å²) in [6.07, 6.45) is 2.61. The quantitative estimate of drug-likeness (QED) is 0.806. The molecule has 1 heterocycles. The van der Waals surface area contributed by atoms with Crippen molar-refractivity contribution in [3.05, 3.63) is 17.2 Å². The van der Waals surface area contributed by atoms with Crippen molar-refractivity contribution in [2.75, 3.05) is 7.05 Å². The molecular weight excluding hydrogens is 186 g/mol. The molecule has 3 nitrogen and oxygen atoms in total. The standard InChI is InChI=1S/C9H16ClN3/c1-9(2,11-3)5-7-8(10)12-6-13(7)4/h6,11H,5H2,1-4H3. The Morgan fingerprint density at radius 2 is 2.23 bits per heavy atom. The van der Waals surface area contributed by atoms with Crippen LogP contribution in [0.1, 0.15) is 19.5 Å². The second-order valence-electron chi connectivity index (χ2n) is 3.90. The van der Waals surface area contributed by atoms with Gasteiger partial charge in [-0.1, -0.05) is 11.6 Å². The van der Waals surface area contributed by atoms with Gasteiger partial charge in [-0.3, -0.25) is 0 Å². The first-order valence-corrected chi connectivity index (χ1v) is 4.68. The smallest absolute Gasteiger partial charge is 0.150 e. The first kappa shape index (κ1) is 10.5. The lowest BCUT2D eigenvalue weighted by atomic mass is 9.99. The monoisotopic (exact) mass is 201 g/mol. The van der Waals surface area contributed by atoms with Crippen molar-refractivity contribution < 1.29 is 0 Å². The van der Waals surface area contributed by atoms with Crippen LogP contribution in [-0.2, 0) is 13.5 Å². The summed E-state index contributed by atoms with van der Waals surface area (Å²) in [6.45, 7) is 4.27. The van der Waals surface area contributed by atoms with E-state index in [2.05, 4.69) is 24.1 Å². The maximum atomic E-state index is 5.95. The minimum atomic E-state index is 0.0530. The highest BCUT2D eigenvalue weighted by Crippen LogP contribution is 2.18. The first-order chi connectivity index (χ1) is 5.96. The zero-order valence-electron chi connectivity index (χ0n) is 8.56. The van der Waals surface area contributed by atoms with Crippen LogP contribution >= 0.6 is 11.6 Å². The Bertz CT molecular complexity index is 272. The van der Waals surface area contributed by atoms with Gasteiger partial charge in [0.05, 0.1) is 12.0 Å². The van der Waals surface area contributed by atoms with Gasteiger partial charge in [0.25, 0.3) is 0 Å². The third-order valence-electron chi connectivity index (χ3n) is 2.29. The highest BCUT2D eigenvalue weighted by Gasteiger charge is 2.19. The number of hydrogen-bond donors (Lipinski definition) is 1. The molecule has 0 saturated carbocycles. The van der Waals surface area contributed by atoms with Crippen LogP contribution in [0.25, 0.3) is 0 Å². The molecule has 1 rings (SSSR count). The number of rotatable bonds is 3. The molecule has 0 aliphatic heterocycles. The third kappa shape index (κ3) is 2.45. The van der Waals surface area contributed by atoms with E-state index in [9.17, 15) is 0 Å². The summed E-state index contributed by atoms with van der Waals surface area (Å²) >= 11 is 5.95. The fourth-order valence-electron chi connectivity index (χ4n) is 1.13. The predicted octanol–water partition coefficient (Wildman–Crippen LogP) is 1.61. The van der Waals surface area contributed by atoms with Crippen LogP contribution in [0.5, 0.6) is 0 Å². The van der Waals surface area contributed by atoms with Crippen LogP contribution in [0.2, 0.25) is 5.15 Å². The molecule has 0 unspecified atom stereocenters. The molecule has 0 atom stereocenters. The summed E-state index contributed by atoms with van der Waals surface area (Å²) in [7, 11) is 3.91. The summed E-state index contributed by atoms with van der Waals surface area (Å²) in [6, 6.07) is 0. The Morgan fingerprint density at radius 1 is 1.62 bits per heavy atom. The maximum Gasteiger partial charge on any atom is 0.150 e. The van der Waals surface area contributed by atoms with Gasteiger partial charge in [-0.05, 0) is 20.9 Å². The highest BCUT2D eigenvalue weighted by atomic mass is 35.5. The molecule has 0 saturated heterocycles. The minimum absolute atomic E-state index is 0.0530. The van der Waals surface area contributed by atoms with Gasteiger partial charge in [0.15, 0.2) is 0 Å². The normalized spacial score (nSPS) is 12.1. The molecule has 0 fully saturated rings. The Hall–Kier alpha value is -0.540. The number of imidazole rings is 1. The number of nitrogens with zero attached hydrogens (tertiary/aromatic N) is 2. The van der Waals surface area contributed by atoms with Gasteiger partial charge in [0, 0.05) is 19.0 Å². The van der Waals surface area contributed by atoms with Crippen molar-refractivity contribution in [3.8, 4) is 0 Å². The van der Waals surface area contributed by atoms with E-state index < -0.39 is 0 Å². The number of likely N-dealkylation sites (N-methyl/N-ethyl adjacent to an activating group) is 1. The average molecular weight is 202 g/mol. The predicted molar refractivity (Wildman–Crippen MR) is 55.1 cm³/mol. The molecule has 1 aromatic rings. The van der Waals surface area contributed by atoms with E-state index in [1.807, 2.05) is 18.7 Å². The van der Waals surface area contributed by atoms with Crippen LogP contribution < -0.4 is 5.32 Å². The third-order valence-corrected chi connectivity index (χ3v) is 2.61. The van der Waals surface area contributed by atoms with E-state index in [0.717, 1.165) is 12.1 Å². The summed E-state index contributed by atoms with van der Waals surface area (Å²) in [4.78, 5) is 4.04. The molecular formula is C9H16ClN3. The first-order valence-electron chi connectivity index (χ1n) is 4.31. The van der Waals surface area contributed by atoms with Crippen molar-refractivity contribution >= 4 is 11.6 Å². The fraction of sp³-hybridized carbons (Fsp3) is 0.667. The summed E-state index contributed by atoms with van der Waals surface area (Å²) in [5.74, 6) is 0. The van der Waals surface area contributed by atoms with Crippen molar-refractivity contribution in [3.63, 3.8) is 0 Å². The van der Waals surface area contributed by atoms with Gasteiger partial charge in [0.2, 0.25) is 0 Å². The van der Waals surface area contributed by atoms with Gasteiger partial charge in [0.1, 0.15) is 5.15 Å². The fourth-order valence-corrected chi connectivity index (χ4v) is 1.38. The van der Waals surface area contributed by atoms with Crippen LogP contribution in [0.15, 0.2) is 6.33 Å². The van der Waals surface area contributed by atoms with Crippen molar-refractivity contribution in [2.24, 2.45) is 7.05 Å². The lowest BCUT2D eigenvalue weighted by Gasteiger charge is -2.24. The second kappa shape index (κ2) is 3.68. The van der Waals surface area contributed by atoms with Crippen LogP contribution in [0, 0.1) is 0 Å². The highest BCUT2D eigenvalue weighted by molar-refractivity contribution is 6.30. The zero-order valence-corrected chi connectivity index (χ0v) is 9.31. The molecule has 0 spiro atoms. The van der Waals surface area contributed by atoms with Gasteiger partial charge in [-0.2, -0.15) is 0 Å². The summed E-state index contributed by atoms with van der Waals surface area (Å²) < 4.78 is 1.96. The Morgan fingerprint density at radius 3 is 2.62 bits per heavy atom. The second-order valence-corrected chi connectivity index (χ2v) is 4.26. The Balaban J connectivity index is 2.85. The largest absolute Gasteiger partial charge is 0.336 e. The van der Waals surface area contributed by atoms with Gasteiger partial charge in [-0.15, -0.1) is 0 Å². The number of aryl methyl sites for hydroxylation is 1. The SMILES string of the molecule is CNC(C)(C)Cc1c(Cl)ncn1C. The molecule has 0 aromatic carbocycles. The van der Waals surface area contributed by atoms with Crippen LogP contribution in [0.4, 0.5) is 0 Å². The van der Waals surface area contributed by atoms with E-state index >= 15 is 0 Å². The number of halogens is 1. The van der Waals surface area contributed by atoms with Crippen molar-refractivity contribution in [2.45, 2.75) is 25.8 Å². The van der Waals surface area contributed by atoms with Crippen molar-refractivity contribution in [1.82, 2.24) is 14.9 Å². The lowest BCUT2D eigenvalue weighted by Crippen LogP contribution is -2.38. The summed E-state index contributed by atoms with van der Waals surface area (Å²) in [5.41, 5.74) is 1.12. The molecule has 0 amide bonds. The topological polar surface area (TPSA) is 29.9 Å². The number of hydrogen-bond acceptors (Lipinski definition) is 2. The number of nitrogens with one attached hydrogen (secondary N) is 1. The summed E-state index contributed by atoms with van der Waals surface area (Å²) in [5, 5.41) is 3.84. The van der Waals surface area contributed by atoms with Crippen molar-refractivity contribution in [1.29, 1.82) is 0 Å². The molecule has 0 radical (unpaired) electrons. The molecule has 0 aliphatic carbocycles. The molecule has 0 bridgehead atoms. The molecule has 1 aromatic heterocycles. The molecule has 4 heteroatoms. The molecule has 0 aliphatic rings. The Kier molecular flexibility index (Phi) is 2.98. The zero-order chi connectivity index (χ0) is 10.1. The van der Waals surface area contributed by atoms with E-state index in [1.165, 1.54) is 0 Å². The van der Waals surface area contributed by atoms with Gasteiger partial charge >= 0.3 is 0 Å². The molecule has 74 valence electrons. The average Bonchev–Trinajstić information content (AvgIpc) is 2.36. The van der Waals surface area contributed by atoms with Crippen LogP contribution in [-0.4, -0.2) is 22.1 Å². The van der Waals surface area contributed by atoms with E-state index in [1.54, 1.807) is 6.33 Å². The van der Waals surface area contributed by atoms with Gasteiger partial charge in [-0.25, -0.2) is 4.98 Å². The van der Waals surface area contributed by atoms with Gasteiger partial charge < -0.3 is 9.88 Å². The number of aromatic nitrogens is 2. The van der Waals surface area contributed by atoms with E-state index in [4.69, 9.17) is 11.6 Å².